The zero-order valence-electron chi connectivity index (χ0n) is 12.8. The van der Waals surface area contributed by atoms with Crippen LogP contribution in [0, 0.1) is 5.92 Å². The van der Waals surface area contributed by atoms with Crippen molar-refractivity contribution in [1.29, 1.82) is 0 Å². The van der Waals surface area contributed by atoms with E-state index in [9.17, 15) is 0 Å². The molecule has 108 valence electrons. The minimum atomic E-state index is 0.805. The summed E-state index contributed by atoms with van der Waals surface area (Å²) >= 11 is 0. The van der Waals surface area contributed by atoms with Crippen LogP contribution in [0.2, 0.25) is 0 Å². The normalized spacial score (nSPS) is 23.8. The summed E-state index contributed by atoms with van der Waals surface area (Å²) in [4.78, 5) is 5.26. The Morgan fingerprint density at radius 1 is 1.00 bits per heavy atom. The zero-order chi connectivity index (χ0) is 13.4. The molecule has 0 aromatic carbocycles. The molecule has 0 spiro atoms. The molecule has 2 heterocycles. The Bertz CT molecular complexity index is 195. The van der Waals surface area contributed by atoms with Gasteiger partial charge in [0.2, 0.25) is 0 Å². The Hall–Kier alpha value is -0.120. The second-order valence-electron chi connectivity index (χ2n) is 5.57. The Kier molecular flexibility index (Phi) is 7.87. The number of hydrogen-bond acceptors (Lipinski definition) is 3. The first-order valence-electron chi connectivity index (χ1n) is 7.80. The van der Waals surface area contributed by atoms with Gasteiger partial charge in [0, 0.05) is 25.7 Å². The van der Waals surface area contributed by atoms with E-state index in [0.29, 0.717) is 0 Å². The van der Waals surface area contributed by atoms with E-state index in [1.165, 1.54) is 32.5 Å². The van der Waals surface area contributed by atoms with Gasteiger partial charge >= 0.3 is 0 Å². The molecular weight excluding hydrogens is 224 g/mol. The quantitative estimate of drug-likeness (QED) is 0.771. The molecule has 0 unspecified atom stereocenters. The Labute approximate surface area is 113 Å². The zero-order valence-corrected chi connectivity index (χ0v) is 12.8. The number of hydrogen-bond donors (Lipinski definition) is 0. The van der Waals surface area contributed by atoms with Crippen LogP contribution < -0.4 is 0 Å². The lowest BCUT2D eigenvalue weighted by atomic mass is 10.0. The third kappa shape index (κ3) is 5.25. The molecule has 18 heavy (non-hydrogen) atoms. The molecular formula is C15H32N2O. The highest BCUT2D eigenvalue weighted by molar-refractivity contribution is 4.81. The lowest BCUT2D eigenvalue weighted by Gasteiger charge is -2.40. The molecule has 0 bridgehead atoms. The first-order chi connectivity index (χ1) is 8.75. The third-order valence-electron chi connectivity index (χ3n) is 3.74. The number of piperidine rings is 1. The van der Waals surface area contributed by atoms with Crippen molar-refractivity contribution in [2.24, 2.45) is 5.92 Å². The van der Waals surface area contributed by atoms with Gasteiger partial charge in [-0.1, -0.05) is 27.7 Å². The highest BCUT2D eigenvalue weighted by atomic mass is 16.5. The third-order valence-corrected chi connectivity index (χ3v) is 3.74. The lowest BCUT2D eigenvalue weighted by molar-refractivity contribution is 0.0000793. The number of likely N-dealkylation sites (tertiary alicyclic amines) is 1. The fourth-order valence-corrected chi connectivity index (χ4v) is 2.93. The molecule has 0 atom stereocenters. The van der Waals surface area contributed by atoms with Crippen LogP contribution in [0.4, 0.5) is 0 Å². The van der Waals surface area contributed by atoms with Crippen LogP contribution in [0.25, 0.3) is 0 Å². The minimum Gasteiger partial charge on any atom is -0.379 e. The number of nitrogens with zero attached hydrogens (tertiary/aromatic N) is 2. The van der Waals surface area contributed by atoms with Gasteiger partial charge in [-0.15, -0.1) is 0 Å². The predicted octanol–water partition coefficient (Wildman–Crippen LogP) is 2.47. The lowest BCUT2D eigenvalue weighted by Crippen LogP contribution is -2.49. The summed E-state index contributed by atoms with van der Waals surface area (Å²) in [5.74, 6) is 0.805. The summed E-state index contributed by atoms with van der Waals surface area (Å²) in [6.07, 6.45) is 2.71. The first kappa shape index (κ1) is 15.9. The maximum Gasteiger partial charge on any atom is 0.0594 e. The Balaban J connectivity index is 0.000000771. The van der Waals surface area contributed by atoms with Crippen LogP contribution in [-0.2, 0) is 4.74 Å². The predicted molar refractivity (Wildman–Crippen MR) is 78.0 cm³/mol. The fraction of sp³-hybridized carbons (Fsp3) is 1.00. The molecule has 2 fully saturated rings. The van der Waals surface area contributed by atoms with E-state index in [1.807, 2.05) is 13.8 Å². The molecule has 3 heteroatoms. The molecule has 0 radical (unpaired) electrons. The average molecular weight is 256 g/mol. The Morgan fingerprint density at radius 2 is 1.56 bits per heavy atom. The van der Waals surface area contributed by atoms with Crippen LogP contribution in [0.3, 0.4) is 0 Å². The molecule has 2 aliphatic heterocycles. The SMILES string of the molecule is CC.CC(C)CN1CCC(N2CCOCC2)CC1. The average Bonchev–Trinajstić information content (AvgIpc) is 2.42. The van der Waals surface area contributed by atoms with E-state index in [1.54, 1.807) is 0 Å². The molecule has 0 aromatic rings. The van der Waals surface area contributed by atoms with Gasteiger partial charge in [0.05, 0.1) is 13.2 Å². The van der Waals surface area contributed by atoms with E-state index in [-0.39, 0.29) is 0 Å². The largest absolute Gasteiger partial charge is 0.379 e. The highest BCUT2D eigenvalue weighted by Gasteiger charge is 2.25. The minimum absolute atomic E-state index is 0.805. The highest BCUT2D eigenvalue weighted by Crippen LogP contribution is 2.18. The van der Waals surface area contributed by atoms with Gasteiger partial charge in [-0.2, -0.15) is 0 Å². The van der Waals surface area contributed by atoms with Crippen LogP contribution in [0.15, 0.2) is 0 Å². The van der Waals surface area contributed by atoms with E-state index >= 15 is 0 Å². The molecule has 0 saturated carbocycles. The Morgan fingerprint density at radius 3 is 2.06 bits per heavy atom. The van der Waals surface area contributed by atoms with Gasteiger partial charge in [0.25, 0.3) is 0 Å². The summed E-state index contributed by atoms with van der Waals surface area (Å²) < 4.78 is 5.41. The molecule has 0 N–H and O–H groups in total. The van der Waals surface area contributed by atoms with Crippen molar-refractivity contribution in [2.45, 2.75) is 46.6 Å². The summed E-state index contributed by atoms with van der Waals surface area (Å²) in [6, 6.07) is 0.826. The molecule has 0 aliphatic carbocycles. The maximum absolute atomic E-state index is 5.41. The monoisotopic (exact) mass is 256 g/mol. The van der Waals surface area contributed by atoms with Crippen LogP contribution in [0.5, 0.6) is 0 Å². The second kappa shape index (κ2) is 8.89. The van der Waals surface area contributed by atoms with Crippen LogP contribution in [0.1, 0.15) is 40.5 Å². The van der Waals surface area contributed by atoms with Crippen molar-refractivity contribution in [3.05, 3.63) is 0 Å². The summed E-state index contributed by atoms with van der Waals surface area (Å²) in [5.41, 5.74) is 0. The summed E-state index contributed by atoms with van der Waals surface area (Å²) in [7, 11) is 0. The fourth-order valence-electron chi connectivity index (χ4n) is 2.93. The van der Waals surface area contributed by atoms with E-state index < -0.39 is 0 Å². The number of morpholine rings is 1. The summed E-state index contributed by atoms with van der Waals surface area (Å²) in [5, 5.41) is 0. The van der Waals surface area contributed by atoms with Gasteiger partial charge in [0.1, 0.15) is 0 Å². The van der Waals surface area contributed by atoms with Crippen molar-refractivity contribution in [3.63, 3.8) is 0 Å². The van der Waals surface area contributed by atoms with Crippen molar-refractivity contribution >= 4 is 0 Å². The van der Waals surface area contributed by atoms with E-state index in [2.05, 4.69) is 23.6 Å². The van der Waals surface area contributed by atoms with Gasteiger partial charge in [0.15, 0.2) is 0 Å². The second-order valence-corrected chi connectivity index (χ2v) is 5.57. The van der Waals surface area contributed by atoms with Gasteiger partial charge < -0.3 is 9.64 Å². The van der Waals surface area contributed by atoms with E-state index in [0.717, 1.165) is 38.3 Å². The van der Waals surface area contributed by atoms with Gasteiger partial charge in [-0.3, -0.25) is 4.90 Å². The summed E-state index contributed by atoms with van der Waals surface area (Å²) in [6.45, 7) is 16.7. The van der Waals surface area contributed by atoms with Crippen molar-refractivity contribution < 1.29 is 4.74 Å². The topological polar surface area (TPSA) is 15.7 Å². The molecule has 2 rings (SSSR count). The standard InChI is InChI=1S/C13H26N2O.C2H6/c1-12(2)11-14-5-3-13(4-6-14)15-7-9-16-10-8-15;1-2/h12-13H,3-11H2,1-2H3;1-2H3. The van der Waals surface area contributed by atoms with Gasteiger partial charge in [-0.25, -0.2) is 0 Å². The van der Waals surface area contributed by atoms with Crippen LogP contribution >= 0.6 is 0 Å². The molecule has 3 nitrogen and oxygen atoms in total. The van der Waals surface area contributed by atoms with Crippen molar-refractivity contribution in [1.82, 2.24) is 9.80 Å². The number of ether oxygens (including phenoxy) is 1. The smallest absolute Gasteiger partial charge is 0.0594 e. The first-order valence-corrected chi connectivity index (χ1v) is 7.80. The van der Waals surface area contributed by atoms with Crippen molar-refractivity contribution in [2.75, 3.05) is 45.9 Å². The molecule has 0 aromatic heterocycles. The van der Waals surface area contributed by atoms with Crippen molar-refractivity contribution in [3.8, 4) is 0 Å². The van der Waals surface area contributed by atoms with Gasteiger partial charge in [-0.05, 0) is 31.8 Å². The maximum atomic E-state index is 5.41. The molecule has 2 aliphatic rings. The molecule has 2 saturated heterocycles. The molecule has 0 amide bonds. The van der Waals surface area contributed by atoms with Crippen LogP contribution in [-0.4, -0.2) is 61.8 Å². The number of rotatable bonds is 3. The van der Waals surface area contributed by atoms with E-state index in [4.69, 9.17) is 4.74 Å².